The van der Waals surface area contributed by atoms with Crippen molar-refractivity contribution in [3.63, 3.8) is 0 Å². The van der Waals surface area contributed by atoms with Gasteiger partial charge in [0.15, 0.2) is 0 Å². The van der Waals surface area contributed by atoms with Crippen LogP contribution in [-0.2, 0) is 11.3 Å². The first-order valence-corrected chi connectivity index (χ1v) is 8.17. The number of aryl methyl sites for hydroxylation is 1. The second kappa shape index (κ2) is 6.96. The third-order valence-corrected chi connectivity index (χ3v) is 4.31. The lowest BCUT2D eigenvalue weighted by atomic mass is 10.3. The molecule has 2 aromatic rings. The Morgan fingerprint density at radius 3 is 2.82 bits per heavy atom. The van der Waals surface area contributed by atoms with Crippen molar-refractivity contribution in [3.8, 4) is 0 Å². The zero-order chi connectivity index (χ0) is 15.5. The van der Waals surface area contributed by atoms with Crippen LogP contribution in [-0.4, -0.2) is 52.4 Å². The fourth-order valence-electron chi connectivity index (χ4n) is 2.95. The summed E-state index contributed by atoms with van der Waals surface area (Å²) in [7, 11) is 0. The quantitative estimate of drug-likeness (QED) is 0.918. The molecule has 0 saturated carbocycles. The van der Waals surface area contributed by atoms with Gasteiger partial charge in [0, 0.05) is 31.2 Å². The van der Waals surface area contributed by atoms with E-state index in [0.29, 0.717) is 10.8 Å². The molecule has 1 aromatic carbocycles. The third kappa shape index (κ3) is 3.43. The monoisotopic (exact) mass is 323 g/mol. The standard InChI is InChI=1S/C16H22ClN3O2/c1-12(21)16-18-14-4-3-13(17)11-15(14)20(16)6-2-5-19-7-9-22-10-8-19/h3-4,11-12,21H,2,5-10H2,1H3. The van der Waals surface area contributed by atoms with Crippen molar-refractivity contribution < 1.29 is 9.84 Å². The van der Waals surface area contributed by atoms with E-state index in [1.54, 1.807) is 6.92 Å². The summed E-state index contributed by atoms with van der Waals surface area (Å²) < 4.78 is 7.46. The first-order chi connectivity index (χ1) is 10.6. The molecule has 0 spiro atoms. The number of ether oxygens (including phenoxy) is 1. The summed E-state index contributed by atoms with van der Waals surface area (Å²) in [6.07, 6.45) is 0.423. The molecule has 120 valence electrons. The molecule has 0 amide bonds. The number of aliphatic hydroxyl groups is 1. The SMILES string of the molecule is CC(O)c1nc2ccc(Cl)cc2n1CCCN1CCOCC1. The van der Waals surface area contributed by atoms with Crippen molar-refractivity contribution in [1.29, 1.82) is 0 Å². The van der Waals surface area contributed by atoms with Crippen LogP contribution in [0.1, 0.15) is 25.3 Å². The highest BCUT2D eigenvalue weighted by atomic mass is 35.5. The van der Waals surface area contributed by atoms with Gasteiger partial charge in [-0.2, -0.15) is 0 Å². The smallest absolute Gasteiger partial charge is 0.138 e. The van der Waals surface area contributed by atoms with Gasteiger partial charge in [-0.15, -0.1) is 0 Å². The van der Waals surface area contributed by atoms with E-state index in [1.807, 2.05) is 18.2 Å². The zero-order valence-electron chi connectivity index (χ0n) is 12.8. The molecule has 0 radical (unpaired) electrons. The highest BCUT2D eigenvalue weighted by Crippen LogP contribution is 2.24. The van der Waals surface area contributed by atoms with Crippen LogP contribution >= 0.6 is 11.6 Å². The van der Waals surface area contributed by atoms with Crippen LogP contribution in [0.2, 0.25) is 5.02 Å². The summed E-state index contributed by atoms with van der Waals surface area (Å²) in [5, 5.41) is 10.7. The Morgan fingerprint density at radius 1 is 1.32 bits per heavy atom. The highest BCUT2D eigenvalue weighted by molar-refractivity contribution is 6.31. The molecular weight excluding hydrogens is 302 g/mol. The van der Waals surface area contributed by atoms with E-state index in [4.69, 9.17) is 16.3 Å². The van der Waals surface area contributed by atoms with Crippen LogP contribution in [0.4, 0.5) is 0 Å². The number of imidazole rings is 1. The Bertz CT molecular complexity index is 636. The van der Waals surface area contributed by atoms with Crippen molar-refractivity contribution in [1.82, 2.24) is 14.5 Å². The number of benzene rings is 1. The van der Waals surface area contributed by atoms with Gasteiger partial charge in [0.1, 0.15) is 11.9 Å². The van der Waals surface area contributed by atoms with Gasteiger partial charge in [-0.1, -0.05) is 11.6 Å². The Morgan fingerprint density at radius 2 is 2.09 bits per heavy atom. The molecule has 22 heavy (non-hydrogen) atoms. The summed E-state index contributed by atoms with van der Waals surface area (Å²) in [4.78, 5) is 6.95. The van der Waals surface area contributed by atoms with Gasteiger partial charge in [-0.05, 0) is 31.5 Å². The summed E-state index contributed by atoms with van der Waals surface area (Å²) in [6.45, 7) is 7.25. The molecule has 1 unspecified atom stereocenters. The molecule has 0 bridgehead atoms. The van der Waals surface area contributed by atoms with Gasteiger partial charge in [0.2, 0.25) is 0 Å². The Kier molecular flexibility index (Phi) is 4.98. The Hall–Kier alpha value is -1.14. The molecule has 5 nitrogen and oxygen atoms in total. The molecule has 6 heteroatoms. The van der Waals surface area contributed by atoms with E-state index in [0.717, 1.165) is 56.8 Å². The number of aromatic nitrogens is 2. The van der Waals surface area contributed by atoms with Gasteiger partial charge < -0.3 is 14.4 Å². The number of aliphatic hydroxyl groups excluding tert-OH is 1. The van der Waals surface area contributed by atoms with Crippen molar-refractivity contribution >= 4 is 22.6 Å². The zero-order valence-corrected chi connectivity index (χ0v) is 13.6. The maximum atomic E-state index is 9.98. The van der Waals surface area contributed by atoms with E-state index in [-0.39, 0.29) is 0 Å². The van der Waals surface area contributed by atoms with Crippen molar-refractivity contribution in [3.05, 3.63) is 29.0 Å². The van der Waals surface area contributed by atoms with Gasteiger partial charge in [-0.25, -0.2) is 4.98 Å². The number of hydrogen-bond donors (Lipinski definition) is 1. The van der Waals surface area contributed by atoms with Crippen LogP contribution in [0.25, 0.3) is 11.0 Å². The molecule has 0 aliphatic carbocycles. The molecule has 3 rings (SSSR count). The van der Waals surface area contributed by atoms with E-state index in [9.17, 15) is 5.11 Å². The third-order valence-electron chi connectivity index (χ3n) is 4.07. The minimum absolute atomic E-state index is 0.588. The van der Waals surface area contributed by atoms with Crippen molar-refractivity contribution in [2.45, 2.75) is 26.0 Å². The van der Waals surface area contributed by atoms with Crippen LogP contribution < -0.4 is 0 Å². The van der Waals surface area contributed by atoms with Gasteiger partial charge in [0.25, 0.3) is 0 Å². The van der Waals surface area contributed by atoms with Gasteiger partial charge in [0.05, 0.1) is 24.2 Å². The average Bonchev–Trinajstić information content (AvgIpc) is 2.87. The molecule has 1 atom stereocenters. The number of fused-ring (bicyclic) bond motifs is 1. The van der Waals surface area contributed by atoms with Crippen LogP contribution in [0.15, 0.2) is 18.2 Å². The summed E-state index contributed by atoms with van der Waals surface area (Å²) >= 11 is 6.11. The predicted octanol–water partition coefficient (Wildman–Crippen LogP) is 2.47. The number of halogens is 1. The summed E-state index contributed by atoms with van der Waals surface area (Å²) in [6, 6.07) is 5.66. The van der Waals surface area contributed by atoms with Crippen LogP contribution in [0.5, 0.6) is 0 Å². The minimum Gasteiger partial charge on any atom is -0.385 e. The molecule has 1 fully saturated rings. The van der Waals surface area contributed by atoms with E-state index in [1.165, 1.54) is 0 Å². The second-order valence-electron chi connectivity index (χ2n) is 5.74. The van der Waals surface area contributed by atoms with Crippen molar-refractivity contribution in [2.24, 2.45) is 0 Å². The summed E-state index contributed by atoms with van der Waals surface area (Å²) in [5.74, 6) is 0.708. The molecular formula is C16H22ClN3O2. The van der Waals surface area contributed by atoms with Crippen LogP contribution in [0, 0.1) is 0 Å². The molecule has 1 aliphatic rings. The van der Waals surface area contributed by atoms with Crippen molar-refractivity contribution in [2.75, 3.05) is 32.8 Å². The van der Waals surface area contributed by atoms with Gasteiger partial charge >= 0.3 is 0 Å². The normalized spacial score (nSPS) is 18.0. The molecule has 2 heterocycles. The second-order valence-corrected chi connectivity index (χ2v) is 6.17. The topological polar surface area (TPSA) is 50.5 Å². The number of rotatable bonds is 5. The lowest BCUT2D eigenvalue weighted by molar-refractivity contribution is 0.0369. The summed E-state index contributed by atoms with van der Waals surface area (Å²) in [5.41, 5.74) is 1.87. The fraction of sp³-hybridized carbons (Fsp3) is 0.562. The van der Waals surface area contributed by atoms with E-state index < -0.39 is 6.10 Å². The first-order valence-electron chi connectivity index (χ1n) is 7.79. The van der Waals surface area contributed by atoms with E-state index >= 15 is 0 Å². The highest BCUT2D eigenvalue weighted by Gasteiger charge is 2.16. The Balaban J connectivity index is 1.75. The fourth-order valence-corrected chi connectivity index (χ4v) is 3.11. The Labute approximate surface area is 135 Å². The first kappa shape index (κ1) is 15.7. The maximum Gasteiger partial charge on any atom is 0.138 e. The maximum absolute atomic E-state index is 9.98. The molecule has 1 aromatic heterocycles. The largest absolute Gasteiger partial charge is 0.385 e. The predicted molar refractivity (Wildman–Crippen MR) is 87.3 cm³/mol. The van der Waals surface area contributed by atoms with Gasteiger partial charge in [-0.3, -0.25) is 4.90 Å². The minimum atomic E-state index is -0.588. The lowest BCUT2D eigenvalue weighted by Gasteiger charge is -2.26. The number of hydrogen-bond acceptors (Lipinski definition) is 4. The molecule has 1 N–H and O–H groups in total. The molecule has 1 saturated heterocycles. The average molecular weight is 324 g/mol. The van der Waals surface area contributed by atoms with Crippen LogP contribution in [0.3, 0.4) is 0 Å². The molecule has 1 aliphatic heterocycles. The number of morpholine rings is 1. The van der Waals surface area contributed by atoms with E-state index in [2.05, 4.69) is 14.5 Å². The number of nitrogens with zero attached hydrogens (tertiary/aromatic N) is 3. The lowest BCUT2D eigenvalue weighted by Crippen LogP contribution is -2.37.